The topological polar surface area (TPSA) is 24.1 Å². The Morgan fingerprint density at radius 1 is 0.561 bits per heavy atom. The highest BCUT2D eigenvalue weighted by molar-refractivity contribution is 7.26. The van der Waals surface area contributed by atoms with Crippen molar-refractivity contribution in [3.8, 4) is 45.2 Å². The lowest BCUT2D eigenvalue weighted by Gasteiger charge is -2.46. The van der Waals surface area contributed by atoms with Gasteiger partial charge in [-0.25, -0.2) is 0 Å². The van der Waals surface area contributed by atoms with Crippen LogP contribution in [0, 0.1) is 11.8 Å². The van der Waals surface area contributed by atoms with Crippen molar-refractivity contribution in [1.82, 2.24) is 0 Å². The van der Waals surface area contributed by atoms with E-state index in [4.69, 9.17) is 0 Å². The Morgan fingerprint density at radius 3 is 2.12 bits per heavy atom. The van der Waals surface area contributed by atoms with Gasteiger partial charge < -0.3 is 10.6 Å². The number of nitrogens with one attached hydrogen (secondary N) is 2. The van der Waals surface area contributed by atoms with Crippen LogP contribution in [0.25, 0.3) is 69.9 Å². The van der Waals surface area contributed by atoms with E-state index in [1.54, 1.807) is 0 Å². The summed E-state index contributed by atoms with van der Waals surface area (Å²) in [5.41, 5.74) is 21.3. The van der Waals surface area contributed by atoms with Crippen LogP contribution in [0.3, 0.4) is 0 Å². The quantitative estimate of drug-likeness (QED) is 0.172. The molecule has 310 valence electrons. The monoisotopic (exact) mass is 858 g/mol. The van der Waals surface area contributed by atoms with Crippen molar-refractivity contribution in [2.75, 3.05) is 10.6 Å². The van der Waals surface area contributed by atoms with E-state index in [0.717, 1.165) is 40.3 Å². The van der Waals surface area contributed by atoms with Crippen molar-refractivity contribution in [3.05, 3.63) is 233 Å². The molecular weight excluding hydrogens is 817 g/mol. The Hall–Kier alpha value is -7.90. The summed E-state index contributed by atoms with van der Waals surface area (Å²) in [6.45, 7) is 4.79. The van der Waals surface area contributed by atoms with E-state index in [1.807, 2.05) is 11.3 Å². The van der Waals surface area contributed by atoms with Crippen molar-refractivity contribution in [2.24, 2.45) is 0 Å². The highest BCUT2D eigenvalue weighted by atomic mass is 32.1. The molecule has 0 unspecified atom stereocenters. The van der Waals surface area contributed by atoms with Gasteiger partial charge >= 0.3 is 0 Å². The maximum Gasteiger partial charge on any atom is 0.0720 e. The number of hydrogen-bond donors (Lipinski definition) is 2. The molecular formula is C63H42N2S. The highest BCUT2D eigenvalue weighted by Gasteiger charge is 2.55. The second-order valence-electron chi connectivity index (χ2n) is 18.7. The zero-order valence-corrected chi connectivity index (χ0v) is 37.4. The Morgan fingerprint density at radius 2 is 1.27 bits per heavy atom. The minimum absolute atomic E-state index is 0.189. The van der Waals surface area contributed by atoms with Crippen LogP contribution in [0.2, 0.25) is 0 Å². The molecule has 10 aromatic rings. The number of hydrogen-bond acceptors (Lipinski definition) is 3. The van der Waals surface area contributed by atoms with Gasteiger partial charge in [0.05, 0.1) is 21.5 Å². The molecule has 3 heteroatoms. The molecule has 14 rings (SSSR count). The average Bonchev–Trinajstić information content (AvgIpc) is 3.66. The van der Waals surface area contributed by atoms with Crippen LogP contribution in [-0.4, -0.2) is 0 Å². The molecule has 2 nitrogen and oxygen atoms in total. The molecule has 0 saturated heterocycles. The molecule has 4 aliphatic rings. The van der Waals surface area contributed by atoms with Crippen LogP contribution in [-0.2, 0) is 10.8 Å². The number of para-hydroxylation sites is 1. The van der Waals surface area contributed by atoms with E-state index in [1.165, 1.54) is 97.7 Å². The number of fused-ring (bicyclic) bond motifs is 12. The first kappa shape index (κ1) is 37.5. The van der Waals surface area contributed by atoms with Crippen LogP contribution in [0.4, 0.5) is 22.7 Å². The van der Waals surface area contributed by atoms with E-state index in [2.05, 4.69) is 230 Å². The second kappa shape index (κ2) is 13.8. The van der Waals surface area contributed by atoms with Gasteiger partial charge in [0.25, 0.3) is 0 Å². The van der Waals surface area contributed by atoms with Gasteiger partial charge in [-0.1, -0.05) is 177 Å². The normalized spacial score (nSPS) is 15.2. The highest BCUT2D eigenvalue weighted by Crippen LogP contribution is 2.67. The van der Waals surface area contributed by atoms with Crippen LogP contribution in [0.1, 0.15) is 59.2 Å². The molecule has 2 N–H and O–H groups in total. The largest absolute Gasteiger partial charge is 0.354 e. The number of rotatable bonds is 4. The molecule has 0 fully saturated rings. The summed E-state index contributed by atoms with van der Waals surface area (Å²) < 4.78 is 2.58. The Balaban J connectivity index is 1.03. The molecule has 9 aromatic carbocycles. The molecule has 66 heavy (non-hydrogen) atoms. The molecule has 0 bridgehead atoms. The zero-order chi connectivity index (χ0) is 43.7. The average molecular weight is 859 g/mol. The number of benzene rings is 9. The fraction of sp³-hybridized carbons (Fsp3) is 0.0794. The fourth-order valence-corrected chi connectivity index (χ4v) is 13.2. The van der Waals surface area contributed by atoms with Crippen molar-refractivity contribution in [3.63, 3.8) is 0 Å². The summed E-state index contributed by atoms with van der Waals surface area (Å²) >= 11 is 1.85. The molecule has 1 aromatic heterocycles. The van der Waals surface area contributed by atoms with Crippen LogP contribution in [0.15, 0.2) is 194 Å². The van der Waals surface area contributed by atoms with Crippen LogP contribution < -0.4 is 10.6 Å². The van der Waals surface area contributed by atoms with E-state index in [9.17, 15) is 0 Å². The second-order valence-corrected chi connectivity index (χ2v) is 19.7. The van der Waals surface area contributed by atoms with Crippen molar-refractivity contribution < 1.29 is 0 Å². The van der Waals surface area contributed by atoms with Crippen LogP contribution >= 0.6 is 11.3 Å². The molecule has 1 aliphatic heterocycles. The molecule has 0 atom stereocenters. The van der Waals surface area contributed by atoms with Crippen molar-refractivity contribution in [1.29, 1.82) is 0 Å². The van der Waals surface area contributed by atoms with Gasteiger partial charge in [-0.3, -0.25) is 0 Å². The van der Waals surface area contributed by atoms with Crippen LogP contribution in [0.5, 0.6) is 0 Å². The van der Waals surface area contributed by atoms with E-state index in [0.29, 0.717) is 0 Å². The van der Waals surface area contributed by atoms with Gasteiger partial charge in [-0.15, -0.1) is 11.3 Å². The summed E-state index contributed by atoms with van der Waals surface area (Å²) in [5, 5.41) is 12.9. The predicted molar refractivity (Wildman–Crippen MR) is 280 cm³/mol. The molecule has 0 saturated carbocycles. The summed E-state index contributed by atoms with van der Waals surface area (Å²) in [4.78, 5) is 0. The predicted octanol–water partition coefficient (Wildman–Crippen LogP) is 16.7. The molecule has 1 spiro atoms. The number of anilines is 4. The Labute approximate surface area is 388 Å². The van der Waals surface area contributed by atoms with Gasteiger partial charge in [-0.2, -0.15) is 0 Å². The molecule has 0 amide bonds. The SMILES string of the molecule is CC1(C)c2ccccc2C2(c3ccccc31)c1ccc(C3=CC=CCC#C3)c3c1-c1c2ccc(-c2ccc4ccc(Nc5cccc6c5sc5ccccc56)cc4c2)c1-c1ccccc1N3. The van der Waals surface area contributed by atoms with Gasteiger partial charge in [0.2, 0.25) is 0 Å². The minimum Gasteiger partial charge on any atom is -0.354 e. The number of thiophene rings is 1. The standard InChI is InChI=1S/C63H42N2S/c1-62(2)48-21-9-11-23-50(48)63(51-24-12-10-22-49(51)62)52-34-32-43(57-47-19-7-13-25-54(47)65-60-44(39-16-5-3-4-6-17-39)33-35-53(63)59(60)58(52)57)40-29-28-38-30-31-42(37-41(38)36-40)64-55-26-15-20-46-45-18-8-14-27-56(45)66-61(46)55/h3,5,7-16,18-37,64-65H,4H2,1-2H3. The summed E-state index contributed by atoms with van der Waals surface area (Å²) in [5.74, 6) is 6.97. The van der Waals surface area contributed by atoms with Gasteiger partial charge in [0, 0.05) is 60.9 Å². The minimum atomic E-state index is -0.549. The van der Waals surface area contributed by atoms with E-state index >= 15 is 0 Å². The molecule has 0 radical (unpaired) electrons. The molecule has 3 aliphatic carbocycles. The molecule has 2 heterocycles. The summed E-state index contributed by atoms with van der Waals surface area (Å²) in [7, 11) is 0. The Bertz CT molecular complexity index is 3850. The summed E-state index contributed by atoms with van der Waals surface area (Å²) in [6.07, 6.45) is 7.22. The lowest BCUT2D eigenvalue weighted by atomic mass is 9.55. The fourth-order valence-electron chi connectivity index (χ4n) is 12.0. The van der Waals surface area contributed by atoms with E-state index < -0.39 is 5.41 Å². The van der Waals surface area contributed by atoms with Gasteiger partial charge in [0.1, 0.15) is 0 Å². The van der Waals surface area contributed by atoms with Crippen molar-refractivity contribution in [2.45, 2.75) is 31.1 Å². The lowest BCUT2D eigenvalue weighted by Crippen LogP contribution is -2.40. The van der Waals surface area contributed by atoms with Gasteiger partial charge in [-0.05, 0) is 109 Å². The first-order valence-electron chi connectivity index (χ1n) is 23.0. The third-order valence-electron chi connectivity index (χ3n) is 14.9. The third-order valence-corrected chi connectivity index (χ3v) is 16.1. The first-order chi connectivity index (χ1) is 32.5. The first-order valence-corrected chi connectivity index (χ1v) is 23.8. The number of allylic oxidation sites excluding steroid dienone is 4. The maximum absolute atomic E-state index is 4.12. The summed E-state index contributed by atoms with van der Waals surface area (Å²) in [6, 6.07) is 66.1. The lowest BCUT2D eigenvalue weighted by molar-refractivity contribution is 0.563. The zero-order valence-electron chi connectivity index (χ0n) is 36.6. The van der Waals surface area contributed by atoms with Crippen molar-refractivity contribution >= 4 is 70.6 Å². The smallest absolute Gasteiger partial charge is 0.0720 e. The Kier molecular flexibility index (Phi) is 7.84. The third kappa shape index (κ3) is 5.08. The maximum atomic E-state index is 4.12. The van der Waals surface area contributed by atoms with E-state index in [-0.39, 0.29) is 5.41 Å². The van der Waals surface area contributed by atoms with Gasteiger partial charge in [0.15, 0.2) is 0 Å².